The fourth-order valence-electron chi connectivity index (χ4n) is 1.75. The van der Waals surface area contributed by atoms with Gasteiger partial charge in [0.05, 0.1) is 16.4 Å². The molecule has 2 aromatic rings. The Labute approximate surface area is 152 Å². The number of thiazole rings is 1. The monoisotopic (exact) mass is 376 g/mol. The van der Waals surface area contributed by atoms with Gasteiger partial charge in [-0.25, -0.2) is 4.98 Å². The number of carbonyl (C=O) groups is 1. The van der Waals surface area contributed by atoms with Crippen LogP contribution in [0.15, 0.2) is 29.8 Å². The molecule has 0 saturated heterocycles. The molecule has 0 fully saturated rings. The van der Waals surface area contributed by atoms with Gasteiger partial charge < -0.3 is 11.1 Å². The zero-order chi connectivity index (χ0) is 15.2. The van der Waals surface area contributed by atoms with E-state index in [1.807, 2.05) is 37.4 Å². The van der Waals surface area contributed by atoms with Crippen molar-refractivity contribution >= 4 is 42.1 Å². The maximum Gasteiger partial charge on any atom is 0.224 e. The van der Waals surface area contributed by atoms with Crippen LogP contribution in [-0.2, 0) is 11.2 Å². The Balaban J connectivity index is 0.00000242. The van der Waals surface area contributed by atoms with E-state index in [-0.39, 0.29) is 42.7 Å². The van der Waals surface area contributed by atoms with Crippen LogP contribution in [-0.4, -0.2) is 28.5 Å². The summed E-state index contributed by atoms with van der Waals surface area (Å²) < 4.78 is 0. The lowest BCUT2D eigenvalue weighted by molar-refractivity contribution is -0.124. The lowest BCUT2D eigenvalue weighted by atomic mass is 10.0. The number of nitrogens with one attached hydrogen (secondary N) is 1. The number of rotatable bonds is 6. The molecule has 128 valence electrons. The molecular weight excluding hydrogens is 355 g/mol. The molecule has 3 N–H and O–H groups in total. The normalized spacial score (nSPS) is 12.5. The molecule has 2 atom stereocenters. The van der Waals surface area contributed by atoms with E-state index in [0.717, 1.165) is 22.8 Å². The number of nitrogens with two attached hydrogens (primary N) is 1. The zero-order valence-corrected chi connectivity index (χ0v) is 15.5. The van der Waals surface area contributed by atoms with Crippen LogP contribution in [0.2, 0.25) is 0 Å². The lowest BCUT2D eigenvalue weighted by Crippen LogP contribution is -2.39. The third kappa shape index (κ3) is 6.43. The highest BCUT2D eigenvalue weighted by molar-refractivity contribution is 7.09. The van der Waals surface area contributed by atoms with Crippen molar-refractivity contribution in [3.05, 3.63) is 34.8 Å². The highest BCUT2D eigenvalue weighted by Crippen LogP contribution is 2.19. The quantitative estimate of drug-likeness (QED) is 0.811. The van der Waals surface area contributed by atoms with E-state index >= 15 is 0 Å². The molecule has 0 aliphatic heterocycles. The summed E-state index contributed by atoms with van der Waals surface area (Å²) in [5, 5.41) is 5.87. The van der Waals surface area contributed by atoms with E-state index in [1.165, 1.54) is 0 Å². The molecule has 0 radical (unpaired) electrons. The summed E-state index contributed by atoms with van der Waals surface area (Å²) in [7, 11) is 0. The number of hydrogen-bond donors (Lipinski definition) is 2. The minimum absolute atomic E-state index is 0. The fourth-order valence-corrected chi connectivity index (χ4v) is 2.54. The van der Waals surface area contributed by atoms with Crippen LogP contribution in [0.25, 0.3) is 11.4 Å². The van der Waals surface area contributed by atoms with Gasteiger partial charge in [-0.05, 0) is 19.1 Å². The topological polar surface area (TPSA) is 80.9 Å². The van der Waals surface area contributed by atoms with E-state index in [9.17, 15) is 4.79 Å². The predicted molar refractivity (Wildman–Crippen MR) is 99.4 cm³/mol. The smallest absolute Gasteiger partial charge is 0.224 e. The number of carbonyl (C=O) groups excluding carboxylic acids is 1. The van der Waals surface area contributed by atoms with Crippen molar-refractivity contribution in [1.82, 2.24) is 15.3 Å². The SMILES string of the molecule is CC(N)C(C)C(=O)NCCc1nc(-c2ccccn2)cs1.Cl.Cl. The number of amides is 1. The summed E-state index contributed by atoms with van der Waals surface area (Å²) in [6.07, 6.45) is 2.47. The van der Waals surface area contributed by atoms with Gasteiger partial charge in [-0.1, -0.05) is 13.0 Å². The van der Waals surface area contributed by atoms with Gasteiger partial charge in [0.1, 0.15) is 0 Å². The first-order chi connectivity index (χ1) is 10.1. The fraction of sp³-hybridized carbons (Fsp3) is 0.400. The van der Waals surface area contributed by atoms with E-state index in [1.54, 1.807) is 17.5 Å². The molecule has 8 heteroatoms. The number of nitrogens with zero attached hydrogens (tertiary/aromatic N) is 2. The first kappa shape index (κ1) is 21.8. The highest BCUT2D eigenvalue weighted by Gasteiger charge is 2.16. The van der Waals surface area contributed by atoms with Crippen LogP contribution in [0, 0.1) is 5.92 Å². The average molecular weight is 377 g/mol. The molecule has 0 bridgehead atoms. The maximum atomic E-state index is 11.8. The van der Waals surface area contributed by atoms with Crippen LogP contribution >= 0.6 is 36.2 Å². The molecule has 2 unspecified atom stereocenters. The molecule has 2 rings (SSSR count). The minimum Gasteiger partial charge on any atom is -0.355 e. The number of aromatic nitrogens is 2. The van der Waals surface area contributed by atoms with E-state index in [4.69, 9.17) is 5.73 Å². The molecule has 2 aromatic heterocycles. The summed E-state index contributed by atoms with van der Waals surface area (Å²) in [6, 6.07) is 5.62. The minimum atomic E-state index is -0.176. The average Bonchev–Trinajstić information content (AvgIpc) is 2.96. The van der Waals surface area contributed by atoms with E-state index < -0.39 is 0 Å². The van der Waals surface area contributed by atoms with Crippen molar-refractivity contribution in [2.24, 2.45) is 11.7 Å². The third-order valence-electron chi connectivity index (χ3n) is 3.32. The van der Waals surface area contributed by atoms with Crippen molar-refractivity contribution in [3.63, 3.8) is 0 Å². The Morgan fingerprint density at radius 3 is 2.65 bits per heavy atom. The first-order valence-corrected chi connectivity index (χ1v) is 7.85. The molecule has 1 amide bonds. The second-order valence-electron chi connectivity index (χ2n) is 5.03. The summed E-state index contributed by atoms with van der Waals surface area (Å²) in [6.45, 7) is 4.25. The first-order valence-electron chi connectivity index (χ1n) is 6.97. The van der Waals surface area contributed by atoms with Gasteiger partial charge in [0.15, 0.2) is 0 Å². The molecule has 0 spiro atoms. The van der Waals surface area contributed by atoms with E-state index in [0.29, 0.717) is 6.54 Å². The van der Waals surface area contributed by atoms with Crippen LogP contribution in [0.3, 0.4) is 0 Å². The summed E-state index contributed by atoms with van der Waals surface area (Å²) >= 11 is 1.58. The molecular formula is C15H22Cl2N4OS. The Morgan fingerprint density at radius 1 is 1.30 bits per heavy atom. The van der Waals surface area contributed by atoms with Gasteiger partial charge in [0.25, 0.3) is 0 Å². The van der Waals surface area contributed by atoms with Gasteiger partial charge >= 0.3 is 0 Å². The van der Waals surface area contributed by atoms with Crippen molar-refractivity contribution in [3.8, 4) is 11.4 Å². The van der Waals surface area contributed by atoms with Crippen LogP contribution < -0.4 is 11.1 Å². The van der Waals surface area contributed by atoms with Gasteiger partial charge in [-0.15, -0.1) is 36.2 Å². The Kier molecular flexibility index (Phi) is 9.99. The van der Waals surface area contributed by atoms with Crippen molar-refractivity contribution in [2.75, 3.05) is 6.54 Å². The predicted octanol–water partition coefficient (Wildman–Crippen LogP) is 2.69. The third-order valence-corrected chi connectivity index (χ3v) is 4.23. The molecule has 2 heterocycles. The summed E-state index contributed by atoms with van der Waals surface area (Å²) in [5.41, 5.74) is 7.46. The number of hydrogen-bond acceptors (Lipinski definition) is 5. The Morgan fingerprint density at radius 2 is 2.04 bits per heavy atom. The van der Waals surface area contributed by atoms with E-state index in [2.05, 4.69) is 15.3 Å². The van der Waals surface area contributed by atoms with Crippen molar-refractivity contribution in [2.45, 2.75) is 26.3 Å². The summed E-state index contributed by atoms with van der Waals surface area (Å²) in [4.78, 5) is 20.6. The molecule has 0 aliphatic carbocycles. The maximum absolute atomic E-state index is 11.8. The molecule has 5 nitrogen and oxygen atoms in total. The van der Waals surface area contributed by atoms with Crippen molar-refractivity contribution in [1.29, 1.82) is 0 Å². The standard InChI is InChI=1S/C15H20N4OS.2ClH/c1-10(11(2)16)15(20)18-8-6-14-19-13(9-21-14)12-5-3-4-7-17-12;;/h3-5,7,9-11H,6,8,16H2,1-2H3,(H,18,20);2*1H. The Bertz CT molecular complexity index is 592. The largest absolute Gasteiger partial charge is 0.355 e. The summed E-state index contributed by atoms with van der Waals surface area (Å²) in [5.74, 6) is -0.183. The second kappa shape index (κ2) is 10.5. The lowest BCUT2D eigenvalue weighted by Gasteiger charge is -2.14. The Hall–Kier alpha value is -1.21. The zero-order valence-electron chi connectivity index (χ0n) is 13.1. The molecule has 0 aliphatic rings. The molecule has 0 aromatic carbocycles. The van der Waals surface area contributed by atoms with Gasteiger partial charge in [-0.2, -0.15) is 0 Å². The van der Waals surface area contributed by atoms with Gasteiger partial charge in [-0.3, -0.25) is 9.78 Å². The number of pyridine rings is 1. The molecule has 0 saturated carbocycles. The van der Waals surface area contributed by atoms with Crippen LogP contribution in [0.5, 0.6) is 0 Å². The van der Waals surface area contributed by atoms with Crippen LogP contribution in [0.1, 0.15) is 18.9 Å². The van der Waals surface area contributed by atoms with Gasteiger partial charge in [0, 0.05) is 36.5 Å². The second-order valence-corrected chi connectivity index (χ2v) is 5.97. The van der Waals surface area contributed by atoms with Crippen molar-refractivity contribution < 1.29 is 4.79 Å². The van der Waals surface area contributed by atoms with Gasteiger partial charge in [0.2, 0.25) is 5.91 Å². The highest BCUT2D eigenvalue weighted by atomic mass is 35.5. The number of halogens is 2. The van der Waals surface area contributed by atoms with Crippen LogP contribution in [0.4, 0.5) is 0 Å². The molecule has 23 heavy (non-hydrogen) atoms.